The highest BCUT2D eigenvalue weighted by atomic mass is 16.6. The molecule has 0 spiro atoms. The van der Waals surface area contributed by atoms with Crippen LogP contribution in [0.15, 0.2) is 0 Å². The second-order valence-corrected chi connectivity index (χ2v) is 2.61. The Morgan fingerprint density at radius 3 is 1.38 bits per heavy atom. The minimum absolute atomic E-state index is 0.172. The highest BCUT2D eigenvalue weighted by Crippen LogP contribution is 2.09. The van der Waals surface area contributed by atoms with E-state index in [0.717, 1.165) is 0 Å². The van der Waals surface area contributed by atoms with Crippen molar-refractivity contribution in [1.82, 2.24) is 0 Å². The summed E-state index contributed by atoms with van der Waals surface area (Å²) in [4.78, 5) is 0. The van der Waals surface area contributed by atoms with Gasteiger partial charge in [0.25, 0.3) is 0 Å². The normalized spacial score (nSPS) is 18.2. The molecule has 0 heterocycles. The minimum atomic E-state index is -0.484. The number of aliphatic hydroxyl groups is 2. The first-order chi connectivity index (χ1) is 6.24. The largest absolute Gasteiger partial charge is 0.394 e. The van der Waals surface area contributed by atoms with Gasteiger partial charge in [-0.05, 0) is 0 Å². The van der Waals surface area contributed by atoms with Crippen LogP contribution in [0.4, 0.5) is 0 Å². The van der Waals surface area contributed by atoms with E-state index < -0.39 is 18.3 Å². The average molecular weight is 194 g/mol. The van der Waals surface area contributed by atoms with Gasteiger partial charge in [0.1, 0.15) is 18.3 Å². The summed E-state index contributed by atoms with van der Waals surface area (Å²) in [6.07, 6.45) is -1.44. The predicted molar refractivity (Wildman–Crippen MR) is 46.6 cm³/mol. The fourth-order valence-electron chi connectivity index (χ4n) is 1.17. The molecule has 0 radical (unpaired) electrons. The molecule has 0 aromatic rings. The van der Waals surface area contributed by atoms with E-state index in [9.17, 15) is 0 Å². The van der Waals surface area contributed by atoms with E-state index in [1.165, 1.54) is 21.3 Å². The molecule has 0 fully saturated rings. The van der Waals surface area contributed by atoms with Crippen LogP contribution in [-0.2, 0) is 14.2 Å². The Balaban J connectivity index is 4.26. The third-order valence-electron chi connectivity index (χ3n) is 1.97. The Labute approximate surface area is 78.2 Å². The second-order valence-electron chi connectivity index (χ2n) is 2.61. The highest BCUT2D eigenvalue weighted by molar-refractivity contribution is 4.78. The van der Waals surface area contributed by atoms with Crippen LogP contribution in [-0.4, -0.2) is 63.1 Å². The number of ether oxygens (including phenoxy) is 3. The summed E-state index contributed by atoms with van der Waals surface area (Å²) in [5.74, 6) is 0. The van der Waals surface area contributed by atoms with Gasteiger partial charge in [0.2, 0.25) is 0 Å². The fourth-order valence-corrected chi connectivity index (χ4v) is 1.17. The van der Waals surface area contributed by atoms with Crippen molar-refractivity contribution in [3.63, 3.8) is 0 Å². The van der Waals surface area contributed by atoms with E-state index in [-0.39, 0.29) is 13.2 Å². The summed E-state index contributed by atoms with van der Waals surface area (Å²) in [6, 6.07) is 0. The smallest absolute Gasteiger partial charge is 0.114 e. The van der Waals surface area contributed by atoms with Crippen LogP contribution in [0, 0.1) is 0 Å². The molecule has 0 aliphatic heterocycles. The third-order valence-corrected chi connectivity index (χ3v) is 1.97. The van der Waals surface area contributed by atoms with Crippen molar-refractivity contribution in [3.8, 4) is 0 Å². The first kappa shape index (κ1) is 12.8. The zero-order chi connectivity index (χ0) is 10.3. The third kappa shape index (κ3) is 3.58. The van der Waals surface area contributed by atoms with Gasteiger partial charge in [-0.15, -0.1) is 0 Å². The molecule has 2 N–H and O–H groups in total. The molecule has 0 saturated carbocycles. The molecule has 5 nitrogen and oxygen atoms in total. The molecule has 0 rings (SSSR count). The topological polar surface area (TPSA) is 68.2 Å². The summed E-state index contributed by atoms with van der Waals surface area (Å²) < 4.78 is 15.0. The van der Waals surface area contributed by atoms with Gasteiger partial charge in [-0.1, -0.05) is 0 Å². The molecule has 0 bridgehead atoms. The van der Waals surface area contributed by atoms with Gasteiger partial charge >= 0.3 is 0 Å². The Morgan fingerprint density at radius 2 is 1.23 bits per heavy atom. The summed E-state index contributed by atoms with van der Waals surface area (Å²) in [5, 5.41) is 17.9. The van der Waals surface area contributed by atoms with Crippen molar-refractivity contribution in [2.45, 2.75) is 18.3 Å². The molecule has 0 aliphatic carbocycles. The lowest BCUT2D eigenvalue weighted by molar-refractivity contribution is -0.130. The van der Waals surface area contributed by atoms with Crippen molar-refractivity contribution in [2.75, 3.05) is 34.5 Å². The van der Waals surface area contributed by atoms with Crippen LogP contribution < -0.4 is 0 Å². The number of rotatable bonds is 7. The molecule has 0 aliphatic rings. The quantitative estimate of drug-likeness (QED) is 0.545. The summed E-state index contributed by atoms with van der Waals surface area (Å²) >= 11 is 0. The minimum Gasteiger partial charge on any atom is -0.394 e. The maximum Gasteiger partial charge on any atom is 0.114 e. The Bertz CT molecular complexity index is 99.1. The van der Waals surface area contributed by atoms with Crippen molar-refractivity contribution in [1.29, 1.82) is 0 Å². The Hall–Kier alpha value is -0.200. The number of methoxy groups -OCH3 is 3. The van der Waals surface area contributed by atoms with Crippen molar-refractivity contribution >= 4 is 0 Å². The molecule has 0 amide bonds. The highest BCUT2D eigenvalue weighted by Gasteiger charge is 2.28. The van der Waals surface area contributed by atoms with Crippen LogP contribution >= 0.6 is 0 Å². The van der Waals surface area contributed by atoms with E-state index in [4.69, 9.17) is 24.4 Å². The first-order valence-electron chi connectivity index (χ1n) is 4.05. The number of hydrogen-bond donors (Lipinski definition) is 2. The second kappa shape index (κ2) is 7.23. The lowest BCUT2D eigenvalue weighted by Gasteiger charge is -2.28. The molecule has 5 heteroatoms. The molecule has 2 unspecified atom stereocenters. The lowest BCUT2D eigenvalue weighted by Crippen LogP contribution is -2.44. The molecule has 2 atom stereocenters. The lowest BCUT2D eigenvalue weighted by atomic mass is 10.1. The van der Waals surface area contributed by atoms with Crippen LogP contribution in [0.3, 0.4) is 0 Å². The summed E-state index contributed by atoms with van der Waals surface area (Å²) in [7, 11) is 4.42. The standard InChI is InChI=1S/C8H18O5/c1-11-6(4-9)8(13-3)7(5-10)12-2/h6-10H,4-5H2,1-3H3. The molecule has 0 saturated heterocycles. The van der Waals surface area contributed by atoms with Crippen LogP contribution in [0.1, 0.15) is 0 Å². The molecule has 0 aromatic carbocycles. The van der Waals surface area contributed by atoms with Gasteiger partial charge in [-0.2, -0.15) is 0 Å². The first-order valence-corrected chi connectivity index (χ1v) is 4.05. The van der Waals surface area contributed by atoms with Gasteiger partial charge in [0.15, 0.2) is 0 Å². The SMILES string of the molecule is COC(CO)C(OC)C(CO)OC. The van der Waals surface area contributed by atoms with E-state index in [1.807, 2.05) is 0 Å². The molecular formula is C8H18O5. The maximum absolute atomic E-state index is 8.93. The molecule has 80 valence electrons. The van der Waals surface area contributed by atoms with Gasteiger partial charge < -0.3 is 24.4 Å². The predicted octanol–water partition coefficient (Wildman–Crippen LogP) is -0.984. The van der Waals surface area contributed by atoms with E-state index >= 15 is 0 Å². The Morgan fingerprint density at radius 1 is 0.846 bits per heavy atom. The van der Waals surface area contributed by atoms with Crippen molar-refractivity contribution < 1.29 is 24.4 Å². The fraction of sp³-hybridized carbons (Fsp3) is 1.00. The van der Waals surface area contributed by atoms with Crippen molar-refractivity contribution in [3.05, 3.63) is 0 Å². The van der Waals surface area contributed by atoms with E-state index in [0.29, 0.717) is 0 Å². The maximum atomic E-state index is 8.93. The van der Waals surface area contributed by atoms with Crippen LogP contribution in [0.5, 0.6) is 0 Å². The van der Waals surface area contributed by atoms with E-state index in [1.54, 1.807) is 0 Å². The zero-order valence-corrected chi connectivity index (χ0v) is 8.27. The van der Waals surface area contributed by atoms with Crippen molar-refractivity contribution in [2.24, 2.45) is 0 Å². The number of hydrogen-bond acceptors (Lipinski definition) is 5. The monoisotopic (exact) mass is 194 g/mol. The van der Waals surface area contributed by atoms with E-state index in [2.05, 4.69) is 0 Å². The Kier molecular flexibility index (Phi) is 7.12. The number of aliphatic hydroxyl groups excluding tert-OH is 2. The zero-order valence-electron chi connectivity index (χ0n) is 8.27. The van der Waals surface area contributed by atoms with Gasteiger partial charge in [0, 0.05) is 21.3 Å². The van der Waals surface area contributed by atoms with Gasteiger partial charge in [-0.3, -0.25) is 0 Å². The summed E-state index contributed by atoms with van der Waals surface area (Å²) in [5.41, 5.74) is 0. The molecular weight excluding hydrogens is 176 g/mol. The van der Waals surface area contributed by atoms with Crippen LogP contribution in [0.2, 0.25) is 0 Å². The average Bonchev–Trinajstić information content (AvgIpc) is 2.18. The molecule has 0 aromatic heterocycles. The van der Waals surface area contributed by atoms with Crippen LogP contribution in [0.25, 0.3) is 0 Å². The van der Waals surface area contributed by atoms with Gasteiger partial charge in [-0.25, -0.2) is 0 Å². The summed E-state index contributed by atoms with van der Waals surface area (Å²) in [6.45, 7) is -0.344. The van der Waals surface area contributed by atoms with Gasteiger partial charge in [0.05, 0.1) is 13.2 Å². The molecule has 13 heavy (non-hydrogen) atoms.